The lowest BCUT2D eigenvalue weighted by Gasteiger charge is -2.37. The van der Waals surface area contributed by atoms with Crippen molar-refractivity contribution in [3.8, 4) is 0 Å². The van der Waals surface area contributed by atoms with Crippen molar-refractivity contribution < 1.29 is 4.79 Å². The Balaban J connectivity index is 2.35. The van der Waals surface area contributed by atoms with Crippen LogP contribution in [0.15, 0.2) is 29.2 Å². The summed E-state index contributed by atoms with van der Waals surface area (Å²) >= 11 is 1.82. The molecule has 3 nitrogen and oxygen atoms in total. The number of thioether (sulfide) groups is 1. The predicted octanol–water partition coefficient (Wildman–Crippen LogP) is 2.89. The van der Waals surface area contributed by atoms with E-state index in [4.69, 9.17) is 5.73 Å². The molecule has 0 aromatic heterocycles. The minimum atomic E-state index is -0.408. The standard InChI is InChI=1S/C15H22N2OS/c1-3-15(4-2,11-16)14(18)17-9-10-19-13-8-6-5-7-12(13)17/h5-8H,3-4,9-11,16H2,1-2H3. The number of para-hydroxylation sites is 1. The molecule has 1 aromatic rings. The maximum Gasteiger partial charge on any atom is 0.234 e. The second-order valence-electron chi connectivity index (χ2n) is 4.96. The number of nitrogens with zero attached hydrogens (tertiary/aromatic N) is 1. The van der Waals surface area contributed by atoms with Crippen LogP contribution in [0, 0.1) is 5.41 Å². The largest absolute Gasteiger partial charge is 0.329 e. The van der Waals surface area contributed by atoms with Gasteiger partial charge in [-0.15, -0.1) is 11.8 Å². The molecule has 4 heteroatoms. The smallest absolute Gasteiger partial charge is 0.234 e. The summed E-state index contributed by atoms with van der Waals surface area (Å²) < 4.78 is 0. The van der Waals surface area contributed by atoms with Crippen molar-refractivity contribution >= 4 is 23.4 Å². The third kappa shape index (κ3) is 2.51. The normalized spacial score (nSPS) is 15.2. The third-order valence-corrected chi connectivity index (χ3v) is 5.21. The summed E-state index contributed by atoms with van der Waals surface area (Å²) in [7, 11) is 0. The zero-order valence-corrected chi connectivity index (χ0v) is 12.5. The van der Waals surface area contributed by atoms with Crippen molar-refractivity contribution in [2.24, 2.45) is 11.1 Å². The molecule has 0 saturated heterocycles. The molecule has 2 rings (SSSR count). The third-order valence-electron chi connectivity index (χ3n) is 4.17. The van der Waals surface area contributed by atoms with E-state index in [2.05, 4.69) is 19.9 Å². The predicted molar refractivity (Wildman–Crippen MR) is 81.6 cm³/mol. The molecular formula is C15H22N2OS. The van der Waals surface area contributed by atoms with Gasteiger partial charge in [-0.25, -0.2) is 0 Å². The first-order chi connectivity index (χ1) is 9.18. The molecule has 1 amide bonds. The molecule has 104 valence electrons. The molecule has 19 heavy (non-hydrogen) atoms. The van der Waals surface area contributed by atoms with Crippen LogP contribution in [0.3, 0.4) is 0 Å². The van der Waals surface area contributed by atoms with E-state index in [1.807, 2.05) is 34.9 Å². The average Bonchev–Trinajstić information content (AvgIpc) is 2.49. The van der Waals surface area contributed by atoms with Gasteiger partial charge in [-0.1, -0.05) is 26.0 Å². The number of carbonyl (C=O) groups excluding carboxylic acids is 1. The second-order valence-corrected chi connectivity index (χ2v) is 6.10. The summed E-state index contributed by atoms with van der Waals surface area (Å²) in [5, 5.41) is 0. The quantitative estimate of drug-likeness (QED) is 0.921. The monoisotopic (exact) mass is 278 g/mol. The highest BCUT2D eigenvalue weighted by Gasteiger charge is 2.38. The van der Waals surface area contributed by atoms with Gasteiger partial charge in [0.15, 0.2) is 0 Å². The molecular weight excluding hydrogens is 256 g/mol. The number of amides is 1. The average molecular weight is 278 g/mol. The van der Waals surface area contributed by atoms with Crippen molar-refractivity contribution in [3.63, 3.8) is 0 Å². The maximum atomic E-state index is 12.9. The lowest BCUT2D eigenvalue weighted by Crippen LogP contribution is -2.49. The van der Waals surface area contributed by atoms with Crippen LogP contribution >= 0.6 is 11.8 Å². The summed E-state index contributed by atoms with van der Waals surface area (Å²) in [6, 6.07) is 8.14. The highest BCUT2D eigenvalue weighted by Crippen LogP contribution is 2.38. The van der Waals surface area contributed by atoms with Crippen LogP contribution in [0.4, 0.5) is 5.69 Å². The van der Waals surface area contributed by atoms with E-state index in [-0.39, 0.29) is 5.91 Å². The molecule has 1 aromatic carbocycles. The lowest BCUT2D eigenvalue weighted by molar-refractivity contribution is -0.128. The molecule has 0 bridgehead atoms. The number of anilines is 1. The van der Waals surface area contributed by atoms with Gasteiger partial charge in [0, 0.05) is 23.7 Å². The van der Waals surface area contributed by atoms with E-state index >= 15 is 0 Å². The maximum absolute atomic E-state index is 12.9. The van der Waals surface area contributed by atoms with Crippen molar-refractivity contribution in [3.05, 3.63) is 24.3 Å². The van der Waals surface area contributed by atoms with Crippen LogP contribution in [0.25, 0.3) is 0 Å². The number of benzene rings is 1. The zero-order chi connectivity index (χ0) is 13.9. The van der Waals surface area contributed by atoms with E-state index < -0.39 is 5.41 Å². The van der Waals surface area contributed by atoms with Gasteiger partial charge >= 0.3 is 0 Å². The summed E-state index contributed by atoms with van der Waals surface area (Å²) in [5.74, 6) is 1.14. The molecule has 0 radical (unpaired) electrons. The zero-order valence-electron chi connectivity index (χ0n) is 11.7. The van der Waals surface area contributed by atoms with Crippen LogP contribution in [-0.2, 0) is 4.79 Å². The minimum Gasteiger partial charge on any atom is -0.329 e. The molecule has 0 saturated carbocycles. The van der Waals surface area contributed by atoms with Crippen LogP contribution in [-0.4, -0.2) is 24.7 Å². The van der Waals surface area contributed by atoms with Gasteiger partial charge in [-0.2, -0.15) is 0 Å². The summed E-state index contributed by atoms with van der Waals surface area (Å²) in [4.78, 5) is 16.0. The van der Waals surface area contributed by atoms with E-state index in [0.717, 1.165) is 30.8 Å². The first-order valence-electron chi connectivity index (χ1n) is 6.92. The van der Waals surface area contributed by atoms with E-state index in [1.54, 1.807) is 0 Å². The number of hydrogen-bond acceptors (Lipinski definition) is 3. The van der Waals surface area contributed by atoms with Crippen molar-refractivity contribution in [2.45, 2.75) is 31.6 Å². The Hall–Kier alpha value is -1.00. The summed E-state index contributed by atoms with van der Waals surface area (Å²) in [6.07, 6.45) is 1.59. The van der Waals surface area contributed by atoms with Crippen LogP contribution in [0.1, 0.15) is 26.7 Å². The SMILES string of the molecule is CCC(CC)(CN)C(=O)N1CCSc2ccccc21. The molecule has 0 atom stereocenters. The van der Waals surface area contributed by atoms with E-state index in [1.165, 1.54) is 4.90 Å². The van der Waals surface area contributed by atoms with Crippen molar-refractivity contribution in [1.29, 1.82) is 0 Å². The number of fused-ring (bicyclic) bond motifs is 1. The van der Waals surface area contributed by atoms with Gasteiger partial charge in [-0.05, 0) is 25.0 Å². The molecule has 1 aliphatic heterocycles. The molecule has 1 aliphatic rings. The van der Waals surface area contributed by atoms with Gasteiger partial charge in [0.1, 0.15) is 0 Å². The molecule has 0 aliphatic carbocycles. The fourth-order valence-electron chi connectivity index (χ4n) is 2.60. The van der Waals surface area contributed by atoms with E-state index in [9.17, 15) is 4.79 Å². The Morgan fingerprint density at radius 1 is 1.37 bits per heavy atom. The van der Waals surface area contributed by atoms with Crippen LogP contribution in [0.2, 0.25) is 0 Å². The number of nitrogens with two attached hydrogens (primary N) is 1. The van der Waals surface area contributed by atoms with Gasteiger partial charge in [0.05, 0.1) is 11.1 Å². The number of rotatable bonds is 4. The molecule has 0 spiro atoms. The number of hydrogen-bond donors (Lipinski definition) is 1. The van der Waals surface area contributed by atoms with Crippen molar-refractivity contribution in [1.82, 2.24) is 0 Å². The van der Waals surface area contributed by atoms with Crippen LogP contribution < -0.4 is 10.6 Å². The van der Waals surface area contributed by atoms with Gasteiger partial charge in [-0.3, -0.25) is 4.79 Å². The molecule has 0 fully saturated rings. The van der Waals surface area contributed by atoms with Gasteiger partial charge in [0.2, 0.25) is 5.91 Å². The van der Waals surface area contributed by atoms with Gasteiger partial charge < -0.3 is 10.6 Å². The van der Waals surface area contributed by atoms with E-state index in [0.29, 0.717) is 6.54 Å². The summed E-state index contributed by atoms with van der Waals surface area (Å²) in [6.45, 7) is 5.31. The Kier molecular flexibility index (Phi) is 4.53. The Labute approximate surface area is 119 Å². The fraction of sp³-hybridized carbons (Fsp3) is 0.533. The lowest BCUT2D eigenvalue weighted by atomic mass is 9.80. The minimum absolute atomic E-state index is 0.188. The Morgan fingerprint density at radius 2 is 2.05 bits per heavy atom. The number of carbonyl (C=O) groups is 1. The first-order valence-corrected chi connectivity index (χ1v) is 7.91. The highest BCUT2D eigenvalue weighted by molar-refractivity contribution is 7.99. The van der Waals surface area contributed by atoms with Crippen LogP contribution in [0.5, 0.6) is 0 Å². The summed E-state index contributed by atoms with van der Waals surface area (Å²) in [5.41, 5.74) is 6.54. The first kappa shape index (κ1) is 14.4. The molecule has 0 unspecified atom stereocenters. The topological polar surface area (TPSA) is 46.3 Å². The Morgan fingerprint density at radius 3 is 2.68 bits per heavy atom. The molecule has 2 N–H and O–H groups in total. The fourth-order valence-corrected chi connectivity index (χ4v) is 3.59. The highest BCUT2D eigenvalue weighted by atomic mass is 32.2. The Bertz CT molecular complexity index is 449. The van der Waals surface area contributed by atoms with Crippen molar-refractivity contribution in [2.75, 3.05) is 23.7 Å². The second kappa shape index (κ2) is 5.97. The molecule has 1 heterocycles. The van der Waals surface area contributed by atoms with Gasteiger partial charge in [0.25, 0.3) is 0 Å².